The summed E-state index contributed by atoms with van der Waals surface area (Å²) < 4.78 is 31.0. The number of nitrogen functional groups attached to an aromatic ring is 1. The molecule has 4 aromatic rings. The minimum atomic E-state index is -0.515. The Kier molecular flexibility index (Phi) is 4.65. The number of hydrogen-bond acceptors (Lipinski definition) is 4. The van der Waals surface area contributed by atoms with Gasteiger partial charge in [-0.05, 0) is 64.0 Å². The van der Waals surface area contributed by atoms with Crippen LogP contribution in [-0.2, 0) is 6.42 Å². The summed E-state index contributed by atoms with van der Waals surface area (Å²) in [6, 6.07) is 10.2. The Hall–Kier alpha value is -2.75. The van der Waals surface area contributed by atoms with Crippen LogP contribution in [0.3, 0.4) is 0 Å². The van der Waals surface area contributed by atoms with Crippen LogP contribution in [0.2, 0.25) is 0 Å². The molecule has 0 atom stereocenters. The molecule has 0 saturated carbocycles. The Morgan fingerprint density at radius 2 is 1.96 bits per heavy atom. The zero-order valence-corrected chi connectivity index (χ0v) is 16.1. The Balaban J connectivity index is 1.71. The van der Waals surface area contributed by atoms with Crippen LogP contribution < -0.4 is 11.1 Å². The number of pyridine rings is 2. The van der Waals surface area contributed by atoms with E-state index >= 15 is 0 Å². The van der Waals surface area contributed by atoms with Gasteiger partial charge in [-0.25, -0.2) is 18.7 Å². The van der Waals surface area contributed by atoms with E-state index in [1.165, 1.54) is 12.3 Å². The molecule has 3 aromatic heterocycles. The lowest BCUT2D eigenvalue weighted by Crippen LogP contribution is -2.04. The molecule has 0 bridgehead atoms. The maximum Gasteiger partial charge on any atom is 0.168 e. The third-order valence-corrected chi connectivity index (χ3v) is 4.91. The second-order valence-corrected chi connectivity index (χ2v) is 7.23. The van der Waals surface area contributed by atoms with Gasteiger partial charge in [0.05, 0.1) is 17.4 Å². The Bertz CT molecular complexity index is 1140. The summed E-state index contributed by atoms with van der Waals surface area (Å²) in [6.07, 6.45) is 5.14. The second-order valence-electron chi connectivity index (χ2n) is 5.99. The number of nitrogens with zero attached hydrogens (tertiary/aromatic N) is 3. The normalized spacial score (nSPS) is 11.1. The highest BCUT2D eigenvalue weighted by atomic mass is 127. The minimum absolute atomic E-state index is 0.121. The molecule has 0 radical (unpaired) electrons. The molecule has 0 aliphatic heterocycles. The third kappa shape index (κ3) is 3.44. The smallest absolute Gasteiger partial charge is 0.168 e. The van der Waals surface area contributed by atoms with E-state index in [1.54, 1.807) is 29.1 Å². The number of nitrogens with two attached hydrogens (primary N) is 1. The molecule has 0 spiro atoms. The number of aromatic nitrogens is 3. The summed E-state index contributed by atoms with van der Waals surface area (Å²) in [5.74, 6) is -0.322. The van der Waals surface area contributed by atoms with E-state index in [0.717, 1.165) is 14.7 Å². The zero-order chi connectivity index (χ0) is 19.0. The molecule has 0 amide bonds. The standard InChI is InChI=1S/C19H14F2IN5/c20-14-8-13(22)2-3-15(14)26-17-4-1-11(16-9-24-10-27(16)17)7-12-5-6-25-19(23)18(12)21/h1-6,8-10,26H,7H2,(H2,23,25). The van der Waals surface area contributed by atoms with E-state index in [9.17, 15) is 8.78 Å². The van der Waals surface area contributed by atoms with Gasteiger partial charge < -0.3 is 11.1 Å². The molecule has 0 saturated heterocycles. The summed E-state index contributed by atoms with van der Waals surface area (Å²) in [4.78, 5) is 7.93. The molecule has 5 nitrogen and oxygen atoms in total. The zero-order valence-electron chi connectivity index (χ0n) is 14.0. The van der Waals surface area contributed by atoms with Crippen molar-refractivity contribution in [3.05, 3.63) is 81.5 Å². The number of hydrogen-bond donors (Lipinski definition) is 2. The summed E-state index contributed by atoms with van der Waals surface area (Å²) in [7, 11) is 0. The highest BCUT2D eigenvalue weighted by Gasteiger charge is 2.12. The quantitative estimate of drug-likeness (QED) is 0.424. The van der Waals surface area contributed by atoms with Gasteiger partial charge in [-0.2, -0.15) is 0 Å². The van der Waals surface area contributed by atoms with Crippen LogP contribution in [0, 0.1) is 15.2 Å². The molecular formula is C19H14F2IN5. The first-order valence-electron chi connectivity index (χ1n) is 8.08. The van der Waals surface area contributed by atoms with E-state index in [4.69, 9.17) is 5.73 Å². The van der Waals surface area contributed by atoms with Crippen LogP contribution in [-0.4, -0.2) is 14.4 Å². The predicted molar refractivity (Wildman–Crippen MR) is 109 cm³/mol. The monoisotopic (exact) mass is 477 g/mol. The molecular weight excluding hydrogens is 463 g/mol. The maximum atomic E-state index is 14.2. The molecule has 0 aliphatic rings. The Morgan fingerprint density at radius 3 is 2.78 bits per heavy atom. The molecule has 3 N–H and O–H groups in total. The van der Waals surface area contributed by atoms with Crippen molar-refractivity contribution in [3.8, 4) is 0 Å². The van der Waals surface area contributed by atoms with Gasteiger partial charge in [0.2, 0.25) is 0 Å². The number of benzene rings is 1. The van der Waals surface area contributed by atoms with E-state index in [2.05, 4.69) is 37.9 Å². The molecule has 4 rings (SSSR count). The largest absolute Gasteiger partial charge is 0.381 e. The van der Waals surface area contributed by atoms with Gasteiger partial charge in [0.15, 0.2) is 11.6 Å². The van der Waals surface area contributed by atoms with Crippen molar-refractivity contribution >= 4 is 45.4 Å². The average molecular weight is 477 g/mol. The Labute approximate surface area is 167 Å². The molecule has 0 unspecified atom stereocenters. The summed E-state index contributed by atoms with van der Waals surface area (Å²) in [5.41, 5.74) is 8.03. The number of imidazole rings is 1. The van der Waals surface area contributed by atoms with Gasteiger partial charge in [0.25, 0.3) is 0 Å². The highest BCUT2D eigenvalue weighted by molar-refractivity contribution is 14.1. The SMILES string of the molecule is Nc1nccc(Cc2ccc(Nc3ccc(I)cc3F)n3cncc23)c1F. The molecule has 136 valence electrons. The maximum absolute atomic E-state index is 14.2. The first-order chi connectivity index (χ1) is 13.0. The fraction of sp³-hybridized carbons (Fsp3) is 0.0526. The summed E-state index contributed by atoms with van der Waals surface area (Å²) >= 11 is 2.06. The molecule has 27 heavy (non-hydrogen) atoms. The average Bonchev–Trinajstić information content (AvgIpc) is 3.13. The second kappa shape index (κ2) is 7.10. The minimum Gasteiger partial charge on any atom is -0.381 e. The fourth-order valence-corrected chi connectivity index (χ4v) is 3.35. The van der Waals surface area contributed by atoms with E-state index in [-0.39, 0.29) is 11.6 Å². The molecule has 3 heterocycles. The number of anilines is 3. The van der Waals surface area contributed by atoms with Gasteiger partial charge in [-0.1, -0.05) is 6.07 Å². The van der Waals surface area contributed by atoms with Crippen LogP contribution in [0.1, 0.15) is 11.1 Å². The van der Waals surface area contributed by atoms with E-state index < -0.39 is 5.82 Å². The predicted octanol–water partition coefficient (Wildman–Crippen LogP) is 4.53. The van der Waals surface area contributed by atoms with Crippen molar-refractivity contribution < 1.29 is 8.78 Å². The van der Waals surface area contributed by atoms with Crippen molar-refractivity contribution in [3.63, 3.8) is 0 Å². The lowest BCUT2D eigenvalue weighted by atomic mass is 10.1. The third-order valence-electron chi connectivity index (χ3n) is 4.24. The first-order valence-corrected chi connectivity index (χ1v) is 9.15. The van der Waals surface area contributed by atoms with Crippen LogP contribution in [0.15, 0.2) is 55.1 Å². The number of fused-ring (bicyclic) bond motifs is 1. The topological polar surface area (TPSA) is 68.2 Å². The first kappa shape index (κ1) is 17.7. The van der Waals surface area contributed by atoms with Gasteiger partial charge in [0, 0.05) is 16.2 Å². The van der Waals surface area contributed by atoms with Crippen molar-refractivity contribution in [1.82, 2.24) is 14.4 Å². The van der Waals surface area contributed by atoms with Crippen molar-refractivity contribution in [2.75, 3.05) is 11.1 Å². The van der Waals surface area contributed by atoms with Crippen LogP contribution >= 0.6 is 22.6 Å². The van der Waals surface area contributed by atoms with Crippen molar-refractivity contribution in [1.29, 1.82) is 0 Å². The number of nitrogens with one attached hydrogen (secondary N) is 1. The van der Waals surface area contributed by atoms with Gasteiger partial charge in [0.1, 0.15) is 18.0 Å². The van der Waals surface area contributed by atoms with Gasteiger partial charge >= 0.3 is 0 Å². The number of rotatable bonds is 4. The van der Waals surface area contributed by atoms with Crippen LogP contribution in [0.4, 0.5) is 26.1 Å². The van der Waals surface area contributed by atoms with Gasteiger partial charge in [-0.3, -0.25) is 4.40 Å². The van der Waals surface area contributed by atoms with E-state index in [1.807, 2.05) is 18.2 Å². The van der Waals surface area contributed by atoms with E-state index in [0.29, 0.717) is 23.5 Å². The van der Waals surface area contributed by atoms with Crippen molar-refractivity contribution in [2.45, 2.75) is 6.42 Å². The number of halogens is 3. The molecule has 0 fully saturated rings. The van der Waals surface area contributed by atoms with Gasteiger partial charge in [-0.15, -0.1) is 0 Å². The lowest BCUT2D eigenvalue weighted by Gasteiger charge is -2.13. The molecule has 0 aliphatic carbocycles. The summed E-state index contributed by atoms with van der Waals surface area (Å²) in [6.45, 7) is 0. The Morgan fingerprint density at radius 1 is 1.11 bits per heavy atom. The molecule has 1 aromatic carbocycles. The van der Waals surface area contributed by atoms with Crippen LogP contribution in [0.25, 0.3) is 5.52 Å². The van der Waals surface area contributed by atoms with Crippen LogP contribution in [0.5, 0.6) is 0 Å². The lowest BCUT2D eigenvalue weighted by molar-refractivity contribution is 0.613. The fourth-order valence-electron chi connectivity index (χ4n) is 2.89. The highest BCUT2D eigenvalue weighted by Crippen LogP contribution is 2.26. The van der Waals surface area contributed by atoms with Crippen molar-refractivity contribution in [2.24, 2.45) is 0 Å². The summed E-state index contributed by atoms with van der Waals surface area (Å²) in [5, 5.41) is 3.08. The molecule has 8 heteroatoms.